The Morgan fingerprint density at radius 1 is 1.19 bits per heavy atom. The molecule has 21 heavy (non-hydrogen) atoms. The van der Waals surface area contributed by atoms with E-state index >= 15 is 0 Å². The maximum absolute atomic E-state index is 5.47. The van der Waals surface area contributed by atoms with E-state index in [1.165, 1.54) is 23.1 Å². The molecule has 2 heterocycles. The van der Waals surface area contributed by atoms with Crippen molar-refractivity contribution < 1.29 is 4.42 Å². The molecule has 0 amide bonds. The van der Waals surface area contributed by atoms with Crippen molar-refractivity contribution in [1.82, 2.24) is 9.88 Å². The summed E-state index contributed by atoms with van der Waals surface area (Å²) in [4.78, 5) is 6.73. The molecular weight excluding hydrogens is 260 g/mol. The second-order valence-electron chi connectivity index (χ2n) is 5.85. The Morgan fingerprint density at radius 2 is 2.05 bits per heavy atom. The van der Waals surface area contributed by atoms with E-state index in [2.05, 4.69) is 59.4 Å². The van der Waals surface area contributed by atoms with E-state index in [1.807, 2.05) is 0 Å². The molecule has 2 aromatic carbocycles. The molecule has 3 aromatic rings. The zero-order valence-corrected chi connectivity index (χ0v) is 12.1. The largest absolute Gasteiger partial charge is 0.443 e. The summed E-state index contributed by atoms with van der Waals surface area (Å²) in [6.45, 7) is 2.12. The molecule has 1 atom stereocenters. The van der Waals surface area contributed by atoms with Gasteiger partial charge in [0.15, 0.2) is 12.0 Å². The van der Waals surface area contributed by atoms with Crippen LogP contribution in [0.15, 0.2) is 53.3 Å². The molecule has 0 saturated carbocycles. The van der Waals surface area contributed by atoms with Crippen LogP contribution in [0.2, 0.25) is 0 Å². The van der Waals surface area contributed by atoms with E-state index in [9.17, 15) is 0 Å². The van der Waals surface area contributed by atoms with Crippen LogP contribution in [0, 0.1) is 0 Å². The number of benzene rings is 2. The minimum Gasteiger partial charge on any atom is -0.443 e. The lowest BCUT2D eigenvalue weighted by atomic mass is 9.88. The summed E-state index contributed by atoms with van der Waals surface area (Å²) in [7, 11) is 2.20. The highest BCUT2D eigenvalue weighted by atomic mass is 16.3. The highest BCUT2D eigenvalue weighted by Crippen LogP contribution is 2.33. The Labute approximate surface area is 124 Å². The summed E-state index contributed by atoms with van der Waals surface area (Å²) >= 11 is 0. The summed E-state index contributed by atoms with van der Waals surface area (Å²) in [6, 6.07) is 15.1. The van der Waals surface area contributed by atoms with Gasteiger partial charge in [0.05, 0.1) is 0 Å². The normalized spacial score (nSPS) is 19.4. The fourth-order valence-corrected chi connectivity index (χ4v) is 3.29. The van der Waals surface area contributed by atoms with Gasteiger partial charge in [-0.1, -0.05) is 30.3 Å². The maximum Gasteiger partial charge on any atom is 0.181 e. The van der Waals surface area contributed by atoms with Gasteiger partial charge in [0.25, 0.3) is 0 Å². The molecule has 1 aliphatic rings. The highest BCUT2D eigenvalue weighted by Gasteiger charge is 2.24. The molecule has 0 saturated heterocycles. The highest BCUT2D eigenvalue weighted by molar-refractivity contribution is 5.75. The minimum absolute atomic E-state index is 0.398. The number of fused-ring (bicyclic) bond motifs is 2. The third-order valence-corrected chi connectivity index (χ3v) is 4.43. The molecule has 0 spiro atoms. The van der Waals surface area contributed by atoms with Crippen molar-refractivity contribution in [3.8, 4) is 0 Å². The third-order valence-electron chi connectivity index (χ3n) is 4.43. The first-order chi connectivity index (χ1) is 10.3. The van der Waals surface area contributed by atoms with Gasteiger partial charge in [-0.05, 0) is 42.3 Å². The zero-order chi connectivity index (χ0) is 14.2. The van der Waals surface area contributed by atoms with E-state index in [0.29, 0.717) is 5.92 Å². The lowest BCUT2D eigenvalue weighted by molar-refractivity contribution is 0.338. The third kappa shape index (κ3) is 2.24. The van der Waals surface area contributed by atoms with Crippen molar-refractivity contribution in [3.63, 3.8) is 0 Å². The summed E-state index contributed by atoms with van der Waals surface area (Å²) < 4.78 is 5.47. The average Bonchev–Trinajstić information content (AvgIpc) is 2.91. The number of aromatic nitrogens is 1. The molecular formula is C18H18N2O. The van der Waals surface area contributed by atoms with Gasteiger partial charge in [-0.3, -0.25) is 0 Å². The smallest absolute Gasteiger partial charge is 0.181 e. The lowest BCUT2D eigenvalue weighted by Gasteiger charge is -2.21. The number of hydrogen-bond donors (Lipinski definition) is 0. The maximum atomic E-state index is 5.47. The summed E-state index contributed by atoms with van der Waals surface area (Å²) in [5, 5.41) is 0. The number of nitrogens with zero attached hydrogens (tertiary/aromatic N) is 2. The SMILES string of the molecule is CN1CCc2cc3ocnc3cc2C(c2ccccc2)C1. The van der Waals surface area contributed by atoms with Gasteiger partial charge in [0.2, 0.25) is 0 Å². The molecule has 1 unspecified atom stereocenters. The minimum atomic E-state index is 0.398. The molecule has 106 valence electrons. The lowest BCUT2D eigenvalue weighted by Crippen LogP contribution is -2.24. The molecule has 1 aliphatic heterocycles. The first-order valence-corrected chi connectivity index (χ1v) is 7.41. The molecule has 0 N–H and O–H groups in total. The van der Waals surface area contributed by atoms with Crippen LogP contribution in [-0.2, 0) is 6.42 Å². The van der Waals surface area contributed by atoms with E-state index in [1.54, 1.807) is 0 Å². The van der Waals surface area contributed by atoms with Crippen LogP contribution in [0.5, 0.6) is 0 Å². The Morgan fingerprint density at radius 3 is 2.90 bits per heavy atom. The molecule has 0 fully saturated rings. The van der Waals surface area contributed by atoms with Gasteiger partial charge in [0, 0.05) is 19.0 Å². The molecule has 0 bridgehead atoms. The molecule has 1 aromatic heterocycles. The number of rotatable bonds is 1. The Balaban J connectivity index is 1.90. The average molecular weight is 278 g/mol. The Kier molecular flexibility index (Phi) is 3.00. The van der Waals surface area contributed by atoms with Crippen molar-refractivity contribution >= 4 is 11.1 Å². The topological polar surface area (TPSA) is 29.3 Å². The fourth-order valence-electron chi connectivity index (χ4n) is 3.29. The van der Waals surface area contributed by atoms with Crippen LogP contribution in [0.4, 0.5) is 0 Å². The number of hydrogen-bond acceptors (Lipinski definition) is 3. The van der Waals surface area contributed by atoms with Crippen molar-refractivity contribution in [1.29, 1.82) is 0 Å². The molecule has 3 nitrogen and oxygen atoms in total. The van der Waals surface area contributed by atoms with Crippen LogP contribution in [0.3, 0.4) is 0 Å². The predicted octanol–water partition coefficient (Wildman–Crippen LogP) is 3.45. The van der Waals surface area contributed by atoms with Gasteiger partial charge in [-0.15, -0.1) is 0 Å². The van der Waals surface area contributed by atoms with Gasteiger partial charge in [-0.2, -0.15) is 0 Å². The molecule has 0 aliphatic carbocycles. The number of oxazole rings is 1. The Hall–Kier alpha value is -2.13. The number of likely N-dealkylation sites (N-methyl/N-ethyl adjacent to an activating group) is 1. The van der Waals surface area contributed by atoms with E-state index < -0.39 is 0 Å². The quantitative estimate of drug-likeness (QED) is 0.683. The Bertz CT molecular complexity index is 763. The van der Waals surface area contributed by atoms with Crippen LogP contribution in [0.25, 0.3) is 11.1 Å². The van der Waals surface area contributed by atoms with E-state index in [4.69, 9.17) is 4.42 Å². The molecule has 0 radical (unpaired) electrons. The van der Waals surface area contributed by atoms with Gasteiger partial charge >= 0.3 is 0 Å². The van der Waals surface area contributed by atoms with Crippen LogP contribution < -0.4 is 0 Å². The van der Waals surface area contributed by atoms with Crippen molar-refractivity contribution in [3.05, 3.63) is 65.5 Å². The predicted molar refractivity (Wildman–Crippen MR) is 83.5 cm³/mol. The van der Waals surface area contributed by atoms with Crippen LogP contribution in [-0.4, -0.2) is 30.0 Å². The van der Waals surface area contributed by atoms with Gasteiger partial charge in [-0.25, -0.2) is 4.98 Å². The monoisotopic (exact) mass is 278 g/mol. The van der Waals surface area contributed by atoms with Crippen molar-refractivity contribution in [2.24, 2.45) is 0 Å². The fraction of sp³-hybridized carbons (Fsp3) is 0.278. The second kappa shape index (κ2) is 5.01. The molecule has 4 rings (SSSR count). The summed E-state index contributed by atoms with van der Waals surface area (Å²) in [5.74, 6) is 0.398. The summed E-state index contributed by atoms with van der Waals surface area (Å²) in [5.41, 5.74) is 6.00. The first kappa shape index (κ1) is 12.6. The van der Waals surface area contributed by atoms with Crippen LogP contribution in [0.1, 0.15) is 22.6 Å². The summed E-state index contributed by atoms with van der Waals surface area (Å²) in [6.07, 6.45) is 2.60. The van der Waals surface area contributed by atoms with Gasteiger partial charge < -0.3 is 9.32 Å². The standard InChI is InChI=1S/C18H18N2O/c1-20-8-7-14-9-18-17(19-12-21-18)10-15(14)16(11-20)13-5-3-2-4-6-13/h2-6,9-10,12,16H,7-8,11H2,1H3. The second-order valence-corrected chi connectivity index (χ2v) is 5.85. The van der Waals surface area contributed by atoms with Gasteiger partial charge in [0.1, 0.15) is 5.52 Å². The van der Waals surface area contributed by atoms with Crippen molar-refractivity contribution in [2.75, 3.05) is 20.1 Å². The molecule has 3 heteroatoms. The first-order valence-electron chi connectivity index (χ1n) is 7.41. The van der Waals surface area contributed by atoms with Crippen LogP contribution >= 0.6 is 0 Å². The van der Waals surface area contributed by atoms with E-state index in [0.717, 1.165) is 30.6 Å². The zero-order valence-electron chi connectivity index (χ0n) is 12.1. The van der Waals surface area contributed by atoms with E-state index in [-0.39, 0.29) is 0 Å². The van der Waals surface area contributed by atoms with Crippen molar-refractivity contribution in [2.45, 2.75) is 12.3 Å².